The lowest BCUT2D eigenvalue weighted by atomic mass is 10.1. The molecule has 0 aromatic heterocycles. The Hall–Kier alpha value is -2.65. The smallest absolute Gasteiger partial charge is 0.244 e. The fraction of sp³-hybridized carbons (Fsp3) is 0.389. The van der Waals surface area contributed by atoms with E-state index >= 15 is 0 Å². The van der Waals surface area contributed by atoms with Crippen LogP contribution in [0, 0.1) is 11.3 Å². The van der Waals surface area contributed by atoms with Gasteiger partial charge >= 0.3 is 0 Å². The molecule has 1 saturated heterocycles. The number of hydrogen-bond acceptors (Lipinski definition) is 4. The predicted octanol–water partition coefficient (Wildman–Crippen LogP) is 0.852. The molecule has 0 bridgehead atoms. The van der Waals surface area contributed by atoms with E-state index in [-0.39, 0.29) is 11.8 Å². The monoisotopic (exact) mass is 326 g/mol. The lowest BCUT2D eigenvalue weighted by molar-refractivity contribution is -0.130. The summed E-state index contributed by atoms with van der Waals surface area (Å²) in [6.07, 6.45) is 3.17. The van der Waals surface area contributed by atoms with E-state index in [1.165, 1.54) is 6.08 Å². The van der Waals surface area contributed by atoms with Crippen molar-refractivity contribution >= 4 is 17.9 Å². The average Bonchev–Trinajstić information content (AvgIpc) is 2.60. The summed E-state index contributed by atoms with van der Waals surface area (Å²) in [5.74, 6) is -0.0340. The van der Waals surface area contributed by atoms with E-state index in [1.807, 2.05) is 11.0 Å². The van der Waals surface area contributed by atoms with Crippen LogP contribution in [0.4, 0.5) is 0 Å². The highest BCUT2D eigenvalue weighted by atomic mass is 16.2. The number of carbonyl (C=O) groups excluding carboxylic acids is 2. The van der Waals surface area contributed by atoms with Gasteiger partial charge in [0.25, 0.3) is 0 Å². The Kier molecular flexibility index (Phi) is 6.52. The minimum atomic E-state index is -0.153. The largest absolute Gasteiger partial charge is 0.351 e. The van der Waals surface area contributed by atoms with Crippen molar-refractivity contribution in [3.05, 3.63) is 41.5 Å². The molecule has 1 aliphatic heterocycles. The summed E-state index contributed by atoms with van der Waals surface area (Å²) >= 11 is 0. The Labute approximate surface area is 142 Å². The van der Waals surface area contributed by atoms with E-state index in [2.05, 4.69) is 16.3 Å². The zero-order valence-electron chi connectivity index (χ0n) is 13.9. The van der Waals surface area contributed by atoms with Crippen LogP contribution in [0.25, 0.3) is 6.08 Å². The Balaban J connectivity index is 1.69. The lowest BCUT2D eigenvalue weighted by Gasteiger charge is -2.34. The van der Waals surface area contributed by atoms with E-state index in [0.29, 0.717) is 12.1 Å². The van der Waals surface area contributed by atoms with Crippen molar-refractivity contribution in [1.29, 1.82) is 5.26 Å². The first kappa shape index (κ1) is 17.7. The fourth-order valence-corrected chi connectivity index (χ4v) is 2.57. The van der Waals surface area contributed by atoms with Gasteiger partial charge in [-0.3, -0.25) is 14.5 Å². The topological polar surface area (TPSA) is 76.4 Å². The van der Waals surface area contributed by atoms with Crippen LogP contribution in [0.1, 0.15) is 18.1 Å². The summed E-state index contributed by atoms with van der Waals surface area (Å²) in [6, 6.07) is 9.17. The van der Waals surface area contributed by atoms with Crippen LogP contribution in [-0.2, 0) is 9.59 Å². The van der Waals surface area contributed by atoms with Crippen molar-refractivity contribution in [3.63, 3.8) is 0 Å². The van der Waals surface area contributed by atoms with E-state index < -0.39 is 0 Å². The Morgan fingerprint density at radius 1 is 1.29 bits per heavy atom. The van der Waals surface area contributed by atoms with E-state index in [4.69, 9.17) is 5.26 Å². The molecule has 2 amide bonds. The van der Waals surface area contributed by atoms with Crippen molar-refractivity contribution in [2.75, 3.05) is 39.3 Å². The molecular weight excluding hydrogens is 304 g/mol. The number of hydrogen-bond donors (Lipinski definition) is 1. The summed E-state index contributed by atoms with van der Waals surface area (Å²) < 4.78 is 0. The number of carbonyl (C=O) groups is 2. The van der Waals surface area contributed by atoms with Gasteiger partial charge in [-0.2, -0.15) is 5.26 Å². The average molecular weight is 326 g/mol. The summed E-state index contributed by atoms with van der Waals surface area (Å²) in [6.45, 7) is 6.11. The highest BCUT2D eigenvalue weighted by molar-refractivity contribution is 5.91. The molecule has 6 heteroatoms. The van der Waals surface area contributed by atoms with Gasteiger partial charge in [0.2, 0.25) is 11.8 Å². The molecule has 2 rings (SSSR count). The molecule has 1 aliphatic rings. The zero-order valence-corrected chi connectivity index (χ0v) is 13.9. The quantitative estimate of drug-likeness (QED) is 0.814. The highest BCUT2D eigenvalue weighted by Gasteiger charge is 2.17. The summed E-state index contributed by atoms with van der Waals surface area (Å²) in [7, 11) is 0. The second kappa shape index (κ2) is 8.85. The highest BCUT2D eigenvalue weighted by Crippen LogP contribution is 2.06. The van der Waals surface area contributed by atoms with Gasteiger partial charge < -0.3 is 10.2 Å². The number of amides is 2. The molecule has 6 nitrogen and oxygen atoms in total. The third-order valence-electron chi connectivity index (χ3n) is 3.99. The Morgan fingerprint density at radius 3 is 2.71 bits per heavy atom. The third kappa shape index (κ3) is 5.52. The number of nitrogens with zero attached hydrogens (tertiary/aromatic N) is 3. The van der Waals surface area contributed by atoms with E-state index in [9.17, 15) is 9.59 Å². The van der Waals surface area contributed by atoms with Gasteiger partial charge in [0.15, 0.2) is 0 Å². The first-order chi connectivity index (χ1) is 11.6. The van der Waals surface area contributed by atoms with Crippen LogP contribution in [0.3, 0.4) is 0 Å². The molecular formula is C18H22N4O2. The molecule has 0 radical (unpaired) electrons. The minimum absolute atomic E-state index is 0.119. The minimum Gasteiger partial charge on any atom is -0.351 e. The SMILES string of the molecule is CC(=O)N1CCN(CCNC(=O)/C=C\c2cccc(C#N)c2)CC1. The molecule has 1 aromatic rings. The van der Waals surface area contributed by atoms with Gasteiger partial charge in [-0.1, -0.05) is 12.1 Å². The number of nitriles is 1. The molecule has 1 N–H and O–H groups in total. The second-order valence-electron chi connectivity index (χ2n) is 5.71. The molecule has 0 unspecified atom stereocenters. The van der Waals surface area contributed by atoms with Gasteiger partial charge in [0.1, 0.15) is 0 Å². The van der Waals surface area contributed by atoms with Crippen LogP contribution in [0.5, 0.6) is 0 Å². The molecule has 0 atom stereocenters. The first-order valence-corrected chi connectivity index (χ1v) is 8.02. The van der Waals surface area contributed by atoms with Crippen LogP contribution >= 0.6 is 0 Å². The van der Waals surface area contributed by atoms with Crippen molar-refractivity contribution < 1.29 is 9.59 Å². The number of benzene rings is 1. The van der Waals surface area contributed by atoms with Crippen LogP contribution in [-0.4, -0.2) is 60.9 Å². The summed E-state index contributed by atoms with van der Waals surface area (Å²) in [5, 5.41) is 11.7. The molecule has 1 heterocycles. The molecule has 0 aliphatic carbocycles. The van der Waals surface area contributed by atoms with Crippen molar-refractivity contribution in [2.45, 2.75) is 6.92 Å². The van der Waals surface area contributed by atoms with Crippen LogP contribution < -0.4 is 5.32 Å². The zero-order chi connectivity index (χ0) is 17.4. The van der Waals surface area contributed by atoms with Gasteiger partial charge in [-0.25, -0.2) is 0 Å². The van der Waals surface area contributed by atoms with Crippen LogP contribution in [0.2, 0.25) is 0 Å². The van der Waals surface area contributed by atoms with Gasteiger partial charge in [-0.15, -0.1) is 0 Å². The summed E-state index contributed by atoms with van der Waals surface area (Å²) in [4.78, 5) is 27.2. The third-order valence-corrected chi connectivity index (χ3v) is 3.99. The van der Waals surface area contributed by atoms with Crippen molar-refractivity contribution in [2.24, 2.45) is 0 Å². The normalized spacial score (nSPS) is 15.2. The van der Waals surface area contributed by atoms with Crippen molar-refractivity contribution in [3.8, 4) is 6.07 Å². The molecule has 0 spiro atoms. The lowest BCUT2D eigenvalue weighted by Crippen LogP contribution is -2.49. The molecule has 24 heavy (non-hydrogen) atoms. The fourth-order valence-electron chi connectivity index (χ4n) is 2.57. The number of rotatable bonds is 5. The maximum atomic E-state index is 11.8. The van der Waals surface area contributed by atoms with E-state index in [1.54, 1.807) is 31.2 Å². The standard InChI is InChI=1S/C18H22N4O2/c1-15(23)22-11-9-21(10-12-22)8-7-20-18(24)6-5-16-3-2-4-17(13-16)14-19/h2-6,13H,7-12H2,1H3,(H,20,24)/b6-5-. The van der Waals surface area contributed by atoms with Gasteiger partial charge in [0, 0.05) is 52.3 Å². The van der Waals surface area contributed by atoms with Crippen LogP contribution in [0.15, 0.2) is 30.3 Å². The predicted molar refractivity (Wildman–Crippen MR) is 91.9 cm³/mol. The molecule has 1 fully saturated rings. The first-order valence-electron chi connectivity index (χ1n) is 8.02. The van der Waals surface area contributed by atoms with Gasteiger partial charge in [0.05, 0.1) is 11.6 Å². The maximum absolute atomic E-state index is 11.8. The number of piperazine rings is 1. The van der Waals surface area contributed by atoms with Gasteiger partial charge in [-0.05, 0) is 23.8 Å². The summed E-state index contributed by atoms with van der Waals surface area (Å²) in [5.41, 5.74) is 1.40. The van der Waals surface area contributed by atoms with E-state index in [0.717, 1.165) is 38.3 Å². The Morgan fingerprint density at radius 2 is 2.04 bits per heavy atom. The second-order valence-corrected chi connectivity index (χ2v) is 5.71. The molecule has 0 saturated carbocycles. The number of nitrogens with one attached hydrogen (secondary N) is 1. The Bertz CT molecular complexity index is 655. The maximum Gasteiger partial charge on any atom is 0.244 e. The van der Waals surface area contributed by atoms with Crippen molar-refractivity contribution in [1.82, 2.24) is 15.1 Å². The molecule has 126 valence electrons. The molecule has 1 aromatic carbocycles.